The molecule has 0 radical (unpaired) electrons. The normalized spacial score (nSPS) is 12.1. The number of hydrogen-bond donors (Lipinski definition) is 1. The minimum atomic E-state index is -0.704. The van der Waals surface area contributed by atoms with E-state index >= 15 is 0 Å². The predicted octanol–water partition coefficient (Wildman–Crippen LogP) is 6.25. The molecule has 1 amide bonds. The van der Waals surface area contributed by atoms with Crippen LogP contribution in [-0.4, -0.2) is 29.7 Å². The molecule has 2 aromatic carbocycles. The van der Waals surface area contributed by atoms with Gasteiger partial charge in [-0.3, -0.25) is 4.79 Å². The predicted molar refractivity (Wildman–Crippen MR) is 140 cm³/mol. The molecular formula is C27H28Cl2N2O5. The van der Waals surface area contributed by atoms with Crippen molar-refractivity contribution in [2.24, 2.45) is 5.92 Å². The van der Waals surface area contributed by atoms with E-state index in [1.807, 2.05) is 26.0 Å². The number of carbonyl (C=O) groups is 2. The van der Waals surface area contributed by atoms with Gasteiger partial charge in [0.25, 0.3) is 0 Å². The molecule has 0 bridgehead atoms. The van der Waals surface area contributed by atoms with Crippen molar-refractivity contribution < 1.29 is 23.6 Å². The number of benzene rings is 2. The molecule has 1 atom stereocenters. The van der Waals surface area contributed by atoms with Gasteiger partial charge in [0.05, 0.1) is 22.2 Å². The number of nitrogens with one attached hydrogen (secondary N) is 1. The molecule has 7 nitrogen and oxygen atoms in total. The third-order valence-electron chi connectivity index (χ3n) is 5.38. The van der Waals surface area contributed by atoms with E-state index in [4.69, 9.17) is 37.2 Å². The molecule has 0 unspecified atom stereocenters. The van der Waals surface area contributed by atoms with Gasteiger partial charge < -0.3 is 19.3 Å². The van der Waals surface area contributed by atoms with Crippen LogP contribution in [0.15, 0.2) is 53.1 Å². The van der Waals surface area contributed by atoms with Gasteiger partial charge >= 0.3 is 5.97 Å². The SMILES string of the molecule is CCOC(=O)[C@@H](NC(=O)/C=C/c1ccc(OCc2c(-c3c(Cl)cccc3Cl)noc2C)cc1)C(C)C. The van der Waals surface area contributed by atoms with E-state index < -0.39 is 12.0 Å². The second-order valence-corrected chi connectivity index (χ2v) is 9.15. The molecule has 0 aliphatic carbocycles. The van der Waals surface area contributed by atoms with Gasteiger partial charge in [-0.25, -0.2) is 4.79 Å². The summed E-state index contributed by atoms with van der Waals surface area (Å²) >= 11 is 12.7. The van der Waals surface area contributed by atoms with E-state index in [0.29, 0.717) is 32.8 Å². The van der Waals surface area contributed by atoms with Gasteiger partial charge in [0, 0.05) is 11.6 Å². The Hall–Kier alpha value is -3.29. The molecule has 0 aliphatic rings. The number of halogens is 2. The molecule has 0 spiro atoms. The molecule has 0 saturated heterocycles. The lowest BCUT2D eigenvalue weighted by molar-refractivity contribution is -0.148. The minimum absolute atomic E-state index is 0.0960. The molecule has 0 saturated carbocycles. The van der Waals surface area contributed by atoms with E-state index in [9.17, 15) is 9.59 Å². The number of aromatic nitrogens is 1. The molecule has 3 rings (SSSR count). The van der Waals surface area contributed by atoms with Crippen LogP contribution in [0.5, 0.6) is 5.75 Å². The number of ether oxygens (including phenoxy) is 2. The number of aryl methyl sites for hydroxylation is 1. The molecule has 1 heterocycles. The van der Waals surface area contributed by atoms with Gasteiger partial charge in [0.1, 0.15) is 29.9 Å². The standard InChI is InChI=1S/C27H28Cl2N2O5/c1-5-34-27(33)25(16(2)3)30-23(32)14-11-18-9-12-19(13-10-18)35-15-20-17(4)36-31-26(20)24-21(28)7-6-8-22(24)29/h6-14,16,25H,5,15H2,1-4H3,(H,30,32)/b14-11+/t25-/m0/s1. The molecule has 9 heteroatoms. The summed E-state index contributed by atoms with van der Waals surface area (Å²) in [6, 6.07) is 11.8. The Bertz CT molecular complexity index is 1220. The van der Waals surface area contributed by atoms with E-state index in [-0.39, 0.29) is 25.0 Å². The number of amides is 1. The highest BCUT2D eigenvalue weighted by Crippen LogP contribution is 2.37. The highest BCUT2D eigenvalue weighted by Gasteiger charge is 2.24. The Balaban J connectivity index is 1.63. The summed E-state index contributed by atoms with van der Waals surface area (Å²) in [4.78, 5) is 24.3. The van der Waals surface area contributed by atoms with E-state index in [2.05, 4.69) is 10.5 Å². The first kappa shape index (κ1) is 27.3. The van der Waals surface area contributed by atoms with Crippen LogP contribution in [0.3, 0.4) is 0 Å². The van der Waals surface area contributed by atoms with Crippen LogP contribution in [0.25, 0.3) is 17.3 Å². The van der Waals surface area contributed by atoms with Crippen LogP contribution >= 0.6 is 23.2 Å². The molecule has 190 valence electrons. The molecule has 0 fully saturated rings. The fraction of sp³-hybridized carbons (Fsp3) is 0.296. The van der Waals surface area contributed by atoms with Gasteiger partial charge in [0.15, 0.2) is 0 Å². The van der Waals surface area contributed by atoms with E-state index in [1.165, 1.54) is 6.08 Å². The maximum Gasteiger partial charge on any atom is 0.328 e. The molecular weight excluding hydrogens is 503 g/mol. The van der Waals surface area contributed by atoms with E-state index in [1.54, 1.807) is 50.3 Å². The number of hydrogen-bond acceptors (Lipinski definition) is 6. The summed E-state index contributed by atoms with van der Waals surface area (Å²) < 4.78 is 16.3. The van der Waals surface area contributed by atoms with Gasteiger partial charge in [-0.05, 0) is 55.7 Å². The monoisotopic (exact) mass is 530 g/mol. The Morgan fingerprint density at radius 2 is 1.78 bits per heavy atom. The largest absolute Gasteiger partial charge is 0.489 e. The van der Waals surface area contributed by atoms with Crippen LogP contribution in [0.2, 0.25) is 10.0 Å². The molecule has 36 heavy (non-hydrogen) atoms. The average molecular weight is 531 g/mol. The number of carbonyl (C=O) groups excluding carboxylic acids is 2. The zero-order chi connectivity index (χ0) is 26.2. The first-order valence-electron chi connectivity index (χ1n) is 11.5. The van der Waals surface area contributed by atoms with Crippen molar-refractivity contribution in [1.82, 2.24) is 10.5 Å². The smallest absolute Gasteiger partial charge is 0.328 e. The number of nitrogens with zero attached hydrogens (tertiary/aromatic N) is 1. The topological polar surface area (TPSA) is 90.7 Å². The van der Waals surface area contributed by atoms with Crippen LogP contribution in [0.1, 0.15) is 37.7 Å². The first-order valence-corrected chi connectivity index (χ1v) is 12.2. The van der Waals surface area contributed by atoms with Gasteiger partial charge in [-0.1, -0.05) is 60.4 Å². The lowest BCUT2D eigenvalue weighted by Crippen LogP contribution is -2.44. The molecule has 3 aromatic rings. The number of rotatable bonds is 10. The van der Waals surface area contributed by atoms with E-state index in [0.717, 1.165) is 11.1 Å². The lowest BCUT2D eigenvalue weighted by atomic mass is 10.0. The highest BCUT2D eigenvalue weighted by atomic mass is 35.5. The van der Waals surface area contributed by atoms with Crippen LogP contribution < -0.4 is 10.1 Å². The van der Waals surface area contributed by atoms with Crippen molar-refractivity contribution in [3.8, 4) is 17.0 Å². The van der Waals surface area contributed by atoms with Gasteiger partial charge in [-0.15, -0.1) is 0 Å². The fourth-order valence-electron chi connectivity index (χ4n) is 3.42. The zero-order valence-electron chi connectivity index (χ0n) is 20.5. The summed E-state index contributed by atoms with van der Waals surface area (Å²) in [6.45, 7) is 7.67. The number of esters is 1. The molecule has 1 aromatic heterocycles. The summed E-state index contributed by atoms with van der Waals surface area (Å²) in [5.74, 6) is 0.306. The molecule has 0 aliphatic heterocycles. The Morgan fingerprint density at radius 1 is 1.11 bits per heavy atom. The van der Waals surface area contributed by atoms with Crippen molar-refractivity contribution in [2.45, 2.75) is 40.3 Å². The Morgan fingerprint density at radius 3 is 2.39 bits per heavy atom. The van der Waals surface area contributed by atoms with Crippen molar-refractivity contribution >= 4 is 41.2 Å². The highest BCUT2D eigenvalue weighted by molar-refractivity contribution is 6.39. The summed E-state index contributed by atoms with van der Waals surface area (Å²) in [5, 5.41) is 7.76. The van der Waals surface area contributed by atoms with Crippen molar-refractivity contribution in [1.29, 1.82) is 0 Å². The Labute approximate surface area is 220 Å². The quantitative estimate of drug-likeness (QED) is 0.246. The van der Waals surface area contributed by atoms with Gasteiger partial charge in [-0.2, -0.15) is 0 Å². The second-order valence-electron chi connectivity index (χ2n) is 8.34. The van der Waals surface area contributed by atoms with Crippen molar-refractivity contribution in [2.75, 3.05) is 6.61 Å². The second kappa shape index (κ2) is 12.6. The van der Waals surface area contributed by atoms with Crippen LogP contribution in [0, 0.1) is 12.8 Å². The third kappa shape index (κ3) is 6.89. The maximum absolute atomic E-state index is 12.3. The molecule has 1 N–H and O–H groups in total. The third-order valence-corrected chi connectivity index (χ3v) is 6.01. The maximum atomic E-state index is 12.3. The first-order chi connectivity index (χ1) is 17.2. The zero-order valence-corrected chi connectivity index (χ0v) is 22.0. The summed E-state index contributed by atoms with van der Waals surface area (Å²) in [5.41, 5.74) is 2.67. The summed E-state index contributed by atoms with van der Waals surface area (Å²) in [7, 11) is 0. The van der Waals surface area contributed by atoms with Crippen LogP contribution in [0.4, 0.5) is 0 Å². The fourth-order valence-corrected chi connectivity index (χ4v) is 3.99. The minimum Gasteiger partial charge on any atom is -0.489 e. The van der Waals surface area contributed by atoms with Crippen LogP contribution in [-0.2, 0) is 20.9 Å². The lowest BCUT2D eigenvalue weighted by Gasteiger charge is -2.19. The summed E-state index contributed by atoms with van der Waals surface area (Å²) in [6.07, 6.45) is 3.04. The van der Waals surface area contributed by atoms with Gasteiger partial charge in [0.2, 0.25) is 5.91 Å². The average Bonchev–Trinajstić information content (AvgIpc) is 3.20. The van der Waals surface area contributed by atoms with Crippen molar-refractivity contribution in [3.63, 3.8) is 0 Å². The van der Waals surface area contributed by atoms with Crippen molar-refractivity contribution in [3.05, 3.63) is 75.5 Å². The Kier molecular flexibility index (Phi) is 9.56.